The monoisotopic (exact) mass is 364 g/mol. The van der Waals surface area contributed by atoms with E-state index in [0.29, 0.717) is 5.69 Å². The zero-order chi connectivity index (χ0) is 18.2. The van der Waals surface area contributed by atoms with Crippen LogP contribution in [-0.4, -0.2) is 32.3 Å². The third kappa shape index (κ3) is 3.55. The van der Waals surface area contributed by atoms with Gasteiger partial charge >= 0.3 is 0 Å². The van der Waals surface area contributed by atoms with Gasteiger partial charge in [0.2, 0.25) is 21.9 Å². The Bertz CT molecular complexity index is 840. The second-order valence-electron chi connectivity index (χ2n) is 6.69. The summed E-state index contributed by atoms with van der Waals surface area (Å²) in [6, 6.07) is 5.35. The fourth-order valence-corrected chi connectivity index (χ4v) is 4.15. The van der Waals surface area contributed by atoms with E-state index in [4.69, 9.17) is 11.5 Å². The number of hydrogen-bond acceptors (Lipinski definition) is 7. The number of hydrogen-bond donors (Lipinski definition) is 3. The minimum Gasteiger partial charge on any atom is -0.369 e. The van der Waals surface area contributed by atoms with Crippen molar-refractivity contribution in [2.75, 3.05) is 15.9 Å². The van der Waals surface area contributed by atoms with Gasteiger partial charge in [-0.25, -0.2) is 13.4 Å². The highest BCUT2D eigenvalue weighted by atomic mass is 32.2. The Morgan fingerprint density at radius 3 is 2.52 bits per heavy atom. The van der Waals surface area contributed by atoms with Crippen molar-refractivity contribution in [2.24, 2.45) is 21.5 Å². The first-order chi connectivity index (χ1) is 11.7. The molecule has 25 heavy (non-hydrogen) atoms. The van der Waals surface area contributed by atoms with Crippen LogP contribution in [0, 0.1) is 6.92 Å². The summed E-state index contributed by atoms with van der Waals surface area (Å²) >= 11 is 0. The van der Waals surface area contributed by atoms with Crippen LogP contribution >= 0.6 is 0 Å². The second-order valence-corrected chi connectivity index (χ2v) is 8.44. The molecule has 1 aliphatic heterocycles. The van der Waals surface area contributed by atoms with E-state index < -0.39 is 15.7 Å². The molecule has 0 bridgehead atoms. The highest BCUT2D eigenvalue weighted by molar-refractivity contribution is 7.92. The highest BCUT2D eigenvalue weighted by Crippen LogP contribution is 2.41. The summed E-state index contributed by atoms with van der Waals surface area (Å²) in [5, 5.41) is 0. The van der Waals surface area contributed by atoms with Crippen LogP contribution in [-0.2, 0) is 10.0 Å². The van der Waals surface area contributed by atoms with Crippen LogP contribution in [0.15, 0.2) is 28.2 Å². The third-order valence-electron chi connectivity index (χ3n) is 4.60. The average molecular weight is 364 g/mol. The van der Waals surface area contributed by atoms with Gasteiger partial charge in [0.15, 0.2) is 0 Å². The van der Waals surface area contributed by atoms with Crippen LogP contribution in [0.4, 0.5) is 11.4 Å². The number of nitrogens with zero attached hydrogens (tertiary/aromatic N) is 3. The molecule has 1 saturated carbocycles. The van der Waals surface area contributed by atoms with Crippen molar-refractivity contribution in [3.8, 4) is 0 Å². The topological polar surface area (TPSA) is 126 Å². The van der Waals surface area contributed by atoms with E-state index in [-0.39, 0.29) is 11.9 Å². The minimum absolute atomic E-state index is 0.193. The largest absolute Gasteiger partial charge is 0.369 e. The van der Waals surface area contributed by atoms with Gasteiger partial charge in [0.25, 0.3) is 0 Å². The molecule has 1 aromatic carbocycles. The maximum atomic E-state index is 11.6. The van der Waals surface area contributed by atoms with Crippen molar-refractivity contribution in [3.05, 3.63) is 23.8 Å². The van der Waals surface area contributed by atoms with Gasteiger partial charge in [-0.3, -0.25) is 9.62 Å². The number of aryl methyl sites for hydroxylation is 1. The van der Waals surface area contributed by atoms with Crippen LogP contribution in [0.25, 0.3) is 0 Å². The van der Waals surface area contributed by atoms with Crippen molar-refractivity contribution in [1.29, 1.82) is 0 Å². The molecular formula is C16H24N6O2S. The lowest BCUT2D eigenvalue weighted by Crippen LogP contribution is -2.58. The first kappa shape index (κ1) is 17.5. The summed E-state index contributed by atoms with van der Waals surface area (Å²) < 4.78 is 25.6. The van der Waals surface area contributed by atoms with Gasteiger partial charge in [0.1, 0.15) is 5.66 Å². The lowest BCUT2D eigenvalue weighted by Gasteiger charge is -2.46. The zero-order valence-electron chi connectivity index (χ0n) is 14.5. The quantitative estimate of drug-likeness (QED) is 0.749. The molecule has 2 aliphatic rings. The Labute approximate surface area is 148 Å². The molecule has 3 rings (SSSR count). The predicted octanol–water partition coefficient (Wildman–Crippen LogP) is 1.48. The molecule has 1 aliphatic carbocycles. The smallest absolute Gasteiger partial charge is 0.229 e. The Morgan fingerprint density at radius 2 is 1.88 bits per heavy atom. The Morgan fingerprint density at radius 1 is 1.20 bits per heavy atom. The van der Waals surface area contributed by atoms with E-state index in [1.54, 1.807) is 12.1 Å². The molecule has 9 heteroatoms. The Kier molecular flexibility index (Phi) is 4.36. The number of nitrogens with one attached hydrogen (secondary N) is 1. The maximum Gasteiger partial charge on any atom is 0.229 e. The number of rotatable bonds is 3. The van der Waals surface area contributed by atoms with Crippen LogP contribution in [0.1, 0.15) is 37.7 Å². The number of guanidine groups is 2. The van der Waals surface area contributed by atoms with Crippen LogP contribution in [0.2, 0.25) is 0 Å². The second kappa shape index (κ2) is 6.21. The third-order valence-corrected chi connectivity index (χ3v) is 5.21. The molecule has 5 N–H and O–H groups in total. The summed E-state index contributed by atoms with van der Waals surface area (Å²) in [6.07, 6.45) is 5.98. The van der Waals surface area contributed by atoms with Gasteiger partial charge in [-0.05, 0) is 50.3 Å². The van der Waals surface area contributed by atoms with Crippen molar-refractivity contribution in [3.63, 3.8) is 0 Å². The molecule has 0 amide bonds. The number of benzene rings is 1. The van der Waals surface area contributed by atoms with Crippen molar-refractivity contribution in [1.82, 2.24) is 0 Å². The van der Waals surface area contributed by atoms with Crippen LogP contribution < -0.4 is 21.1 Å². The lowest BCUT2D eigenvalue weighted by molar-refractivity contribution is 0.305. The van der Waals surface area contributed by atoms with E-state index >= 15 is 0 Å². The molecule has 136 valence electrons. The molecule has 8 nitrogen and oxygen atoms in total. The first-order valence-corrected chi connectivity index (χ1v) is 10.2. The standard InChI is InChI=1S/C16H24N6O2S/c1-11-6-7-12(21-25(2,23)24)10-13(11)22-15(18)19-14(17)20-16(22)8-4-3-5-9-16/h6-7,10,21H,3-5,8-9H2,1-2H3,(H4,17,18,19,20). The van der Waals surface area contributed by atoms with Gasteiger partial charge in [-0.15, -0.1) is 0 Å². The SMILES string of the molecule is Cc1ccc(NS(C)(=O)=O)cc1N1C(N)=NC(N)=NC12CCCCC2. The fourth-order valence-electron chi connectivity index (χ4n) is 3.60. The lowest BCUT2D eigenvalue weighted by atomic mass is 9.87. The molecule has 1 spiro atoms. The number of aliphatic imine (C=N–C) groups is 2. The molecule has 0 aromatic heterocycles. The van der Waals surface area contributed by atoms with Crippen molar-refractivity contribution < 1.29 is 8.42 Å². The normalized spacial score (nSPS) is 20.2. The van der Waals surface area contributed by atoms with Gasteiger partial charge in [-0.2, -0.15) is 4.99 Å². The number of anilines is 2. The fraction of sp³-hybridized carbons (Fsp3) is 0.500. The molecule has 1 aromatic rings. The predicted molar refractivity (Wildman–Crippen MR) is 101 cm³/mol. The van der Waals surface area contributed by atoms with Gasteiger partial charge in [0, 0.05) is 0 Å². The molecule has 0 unspecified atom stereocenters. The van der Waals surface area contributed by atoms with Gasteiger partial charge < -0.3 is 11.5 Å². The summed E-state index contributed by atoms with van der Waals surface area (Å²) in [5.41, 5.74) is 13.8. The van der Waals surface area contributed by atoms with Crippen LogP contribution in [0.3, 0.4) is 0 Å². The summed E-state index contributed by atoms with van der Waals surface area (Å²) in [7, 11) is -3.37. The van der Waals surface area contributed by atoms with E-state index in [9.17, 15) is 8.42 Å². The Hall–Kier alpha value is -2.29. The van der Waals surface area contributed by atoms with E-state index in [0.717, 1.165) is 49.6 Å². The molecule has 1 heterocycles. The van der Waals surface area contributed by atoms with E-state index in [2.05, 4.69) is 14.7 Å². The van der Waals surface area contributed by atoms with Crippen molar-refractivity contribution >= 4 is 33.3 Å². The van der Waals surface area contributed by atoms with Gasteiger partial charge in [-0.1, -0.05) is 12.5 Å². The van der Waals surface area contributed by atoms with Crippen molar-refractivity contribution in [2.45, 2.75) is 44.7 Å². The molecule has 1 fully saturated rings. The Balaban J connectivity index is 2.09. The van der Waals surface area contributed by atoms with E-state index in [1.165, 1.54) is 0 Å². The first-order valence-electron chi connectivity index (χ1n) is 8.28. The zero-order valence-corrected chi connectivity index (χ0v) is 15.3. The maximum absolute atomic E-state index is 11.6. The highest BCUT2D eigenvalue weighted by Gasteiger charge is 2.43. The minimum atomic E-state index is -3.37. The van der Waals surface area contributed by atoms with Crippen LogP contribution in [0.5, 0.6) is 0 Å². The van der Waals surface area contributed by atoms with E-state index in [1.807, 2.05) is 17.9 Å². The number of sulfonamides is 1. The summed E-state index contributed by atoms with van der Waals surface area (Å²) in [6.45, 7) is 1.95. The average Bonchev–Trinajstić information content (AvgIpc) is 2.49. The summed E-state index contributed by atoms with van der Waals surface area (Å²) in [5.74, 6) is 0.479. The molecule has 0 saturated heterocycles. The number of nitrogens with two attached hydrogens (primary N) is 2. The molecular weight excluding hydrogens is 340 g/mol. The summed E-state index contributed by atoms with van der Waals surface area (Å²) in [4.78, 5) is 10.7. The molecule has 0 radical (unpaired) electrons. The van der Waals surface area contributed by atoms with Gasteiger partial charge in [0.05, 0.1) is 17.6 Å². The molecule has 0 atom stereocenters.